The summed E-state index contributed by atoms with van der Waals surface area (Å²) in [5.74, 6) is 0.950. The van der Waals surface area contributed by atoms with E-state index >= 15 is 0 Å². The molecular weight excluding hydrogens is 375 g/mol. The number of guanidine groups is 1. The molecule has 5 heteroatoms. The average Bonchev–Trinajstić information content (AvgIpc) is 2.47. The van der Waals surface area contributed by atoms with E-state index in [9.17, 15) is 0 Å². The zero-order chi connectivity index (χ0) is 14.6. The number of nitrogens with zero attached hydrogens (tertiary/aromatic N) is 2. The van der Waals surface area contributed by atoms with Crippen LogP contribution in [0.2, 0.25) is 0 Å². The second-order valence-corrected chi connectivity index (χ2v) is 5.94. The highest BCUT2D eigenvalue weighted by Crippen LogP contribution is 2.07. The zero-order valence-corrected chi connectivity index (χ0v) is 16.5. The van der Waals surface area contributed by atoms with E-state index in [1.54, 1.807) is 0 Å². The van der Waals surface area contributed by atoms with E-state index < -0.39 is 0 Å². The van der Waals surface area contributed by atoms with Crippen molar-refractivity contribution in [1.29, 1.82) is 0 Å². The summed E-state index contributed by atoms with van der Waals surface area (Å²) in [4.78, 5) is 6.86. The van der Waals surface area contributed by atoms with Gasteiger partial charge in [0.25, 0.3) is 0 Å². The number of hydrogen-bond donors (Lipinski definition) is 2. The van der Waals surface area contributed by atoms with Crippen molar-refractivity contribution in [2.45, 2.75) is 64.8 Å². The molecule has 1 aliphatic rings. The molecule has 21 heavy (non-hydrogen) atoms. The fourth-order valence-corrected chi connectivity index (χ4v) is 2.72. The minimum absolute atomic E-state index is 0. The fraction of sp³-hybridized carbons (Fsp3) is 0.938. The van der Waals surface area contributed by atoms with Gasteiger partial charge < -0.3 is 15.5 Å². The summed E-state index contributed by atoms with van der Waals surface area (Å²) in [7, 11) is 1.86. The molecule has 0 radical (unpaired) electrons. The molecule has 1 rings (SSSR count). The molecule has 2 N–H and O–H groups in total. The zero-order valence-electron chi connectivity index (χ0n) is 14.2. The Balaban J connectivity index is 0.00000400. The number of likely N-dealkylation sites (tertiary alicyclic amines) is 1. The van der Waals surface area contributed by atoms with Gasteiger partial charge in [0.15, 0.2) is 5.96 Å². The molecule has 4 nitrogen and oxygen atoms in total. The van der Waals surface area contributed by atoms with E-state index in [0.717, 1.165) is 19.0 Å². The Morgan fingerprint density at radius 1 is 1.19 bits per heavy atom. The van der Waals surface area contributed by atoms with Crippen LogP contribution in [0.25, 0.3) is 0 Å². The Bertz CT molecular complexity index is 265. The van der Waals surface area contributed by atoms with Gasteiger partial charge in [0.2, 0.25) is 0 Å². The van der Waals surface area contributed by atoms with E-state index in [0.29, 0.717) is 6.04 Å². The van der Waals surface area contributed by atoms with Crippen LogP contribution in [0.5, 0.6) is 0 Å². The van der Waals surface area contributed by atoms with Gasteiger partial charge >= 0.3 is 0 Å². The van der Waals surface area contributed by atoms with Crippen molar-refractivity contribution in [3.05, 3.63) is 0 Å². The molecule has 0 saturated carbocycles. The fourth-order valence-electron chi connectivity index (χ4n) is 2.72. The number of nitrogens with one attached hydrogen (secondary N) is 2. The predicted molar refractivity (Wildman–Crippen MR) is 104 cm³/mol. The molecule has 126 valence electrons. The Kier molecular flexibility index (Phi) is 13.6. The van der Waals surface area contributed by atoms with Gasteiger partial charge in [-0.3, -0.25) is 4.99 Å². The van der Waals surface area contributed by atoms with Gasteiger partial charge in [-0.2, -0.15) is 0 Å². The van der Waals surface area contributed by atoms with Gasteiger partial charge in [0.1, 0.15) is 0 Å². The summed E-state index contributed by atoms with van der Waals surface area (Å²) in [5.41, 5.74) is 0. The van der Waals surface area contributed by atoms with Crippen LogP contribution in [-0.4, -0.2) is 50.1 Å². The quantitative estimate of drug-likeness (QED) is 0.279. The minimum Gasteiger partial charge on any atom is -0.355 e. The summed E-state index contributed by atoms with van der Waals surface area (Å²) >= 11 is 0. The second kappa shape index (κ2) is 13.6. The van der Waals surface area contributed by atoms with Crippen molar-refractivity contribution in [3.63, 3.8) is 0 Å². The topological polar surface area (TPSA) is 39.7 Å². The monoisotopic (exact) mass is 410 g/mol. The lowest BCUT2D eigenvalue weighted by Gasteiger charge is -2.27. The molecule has 0 amide bonds. The smallest absolute Gasteiger partial charge is 0.191 e. The van der Waals surface area contributed by atoms with Crippen LogP contribution in [0.1, 0.15) is 58.8 Å². The average molecular weight is 410 g/mol. The Morgan fingerprint density at radius 2 is 1.90 bits per heavy atom. The summed E-state index contributed by atoms with van der Waals surface area (Å²) in [6.45, 7) is 9.14. The van der Waals surface area contributed by atoms with E-state index in [-0.39, 0.29) is 24.0 Å². The summed E-state index contributed by atoms with van der Waals surface area (Å²) in [6.07, 6.45) is 9.27. The first-order chi connectivity index (χ1) is 9.76. The summed E-state index contributed by atoms with van der Waals surface area (Å²) < 4.78 is 0. The van der Waals surface area contributed by atoms with E-state index in [2.05, 4.69) is 34.4 Å². The first kappa shape index (κ1) is 21.0. The third-order valence-electron chi connectivity index (χ3n) is 4.02. The number of piperidine rings is 1. The molecule has 0 spiro atoms. The number of hydrogen-bond acceptors (Lipinski definition) is 2. The van der Waals surface area contributed by atoms with Gasteiger partial charge in [-0.1, -0.05) is 32.6 Å². The Morgan fingerprint density at radius 3 is 2.52 bits per heavy atom. The van der Waals surface area contributed by atoms with E-state index in [1.807, 2.05) is 7.05 Å². The van der Waals surface area contributed by atoms with E-state index in [1.165, 1.54) is 58.0 Å². The number of aliphatic imine (C=N–C) groups is 1. The number of halogens is 1. The van der Waals surface area contributed by atoms with Crippen molar-refractivity contribution in [2.24, 2.45) is 4.99 Å². The van der Waals surface area contributed by atoms with Crippen LogP contribution in [-0.2, 0) is 0 Å². The molecule has 1 heterocycles. The summed E-state index contributed by atoms with van der Waals surface area (Å²) in [5, 5.41) is 6.92. The normalized spacial score (nSPS) is 18.0. The highest BCUT2D eigenvalue weighted by Gasteiger charge is 2.10. The van der Waals surface area contributed by atoms with Crippen LogP contribution in [0.4, 0.5) is 0 Å². The van der Waals surface area contributed by atoms with Crippen LogP contribution >= 0.6 is 24.0 Å². The molecule has 0 aromatic carbocycles. The molecule has 0 aromatic rings. The lowest BCUT2D eigenvalue weighted by molar-refractivity contribution is 0.232. The standard InChI is InChI=1S/C16H34N4.HI/c1-4-5-7-10-15(2)19-16(17-3)18-11-14-20-12-8-6-9-13-20;/h15H,4-14H2,1-3H3,(H2,17,18,19);1H. The van der Waals surface area contributed by atoms with Gasteiger partial charge in [0.05, 0.1) is 0 Å². The SMILES string of the molecule is CCCCCC(C)NC(=NC)NCCN1CCCCC1.I. The molecule has 1 atom stereocenters. The van der Waals surface area contributed by atoms with Gasteiger partial charge in [-0.05, 0) is 39.3 Å². The third-order valence-corrected chi connectivity index (χ3v) is 4.02. The van der Waals surface area contributed by atoms with Crippen molar-refractivity contribution in [1.82, 2.24) is 15.5 Å². The molecule has 0 aromatic heterocycles. The molecule has 1 fully saturated rings. The highest BCUT2D eigenvalue weighted by molar-refractivity contribution is 14.0. The lowest BCUT2D eigenvalue weighted by Crippen LogP contribution is -2.45. The van der Waals surface area contributed by atoms with Crippen LogP contribution < -0.4 is 10.6 Å². The van der Waals surface area contributed by atoms with Crippen LogP contribution in [0.3, 0.4) is 0 Å². The third kappa shape index (κ3) is 10.3. The number of rotatable bonds is 8. The molecule has 0 bridgehead atoms. The first-order valence-corrected chi connectivity index (χ1v) is 8.45. The maximum atomic E-state index is 4.31. The highest BCUT2D eigenvalue weighted by atomic mass is 127. The minimum atomic E-state index is 0. The molecule has 1 aliphatic heterocycles. The summed E-state index contributed by atoms with van der Waals surface area (Å²) in [6, 6.07) is 0.503. The predicted octanol–water partition coefficient (Wildman–Crippen LogP) is 3.22. The van der Waals surface area contributed by atoms with Gasteiger partial charge in [0, 0.05) is 26.2 Å². The van der Waals surface area contributed by atoms with Gasteiger partial charge in [-0.15, -0.1) is 24.0 Å². The molecule has 0 aliphatic carbocycles. The second-order valence-electron chi connectivity index (χ2n) is 5.94. The van der Waals surface area contributed by atoms with Crippen LogP contribution in [0.15, 0.2) is 4.99 Å². The Hall–Kier alpha value is -0.0400. The maximum Gasteiger partial charge on any atom is 0.191 e. The molecule has 1 unspecified atom stereocenters. The van der Waals surface area contributed by atoms with E-state index in [4.69, 9.17) is 0 Å². The molecule has 1 saturated heterocycles. The van der Waals surface area contributed by atoms with Crippen molar-refractivity contribution < 1.29 is 0 Å². The first-order valence-electron chi connectivity index (χ1n) is 8.45. The Labute approximate surface area is 148 Å². The van der Waals surface area contributed by atoms with Crippen molar-refractivity contribution in [2.75, 3.05) is 33.2 Å². The maximum absolute atomic E-state index is 4.31. The molecular formula is C16H35IN4. The largest absolute Gasteiger partial charge is 0.355 e. The van der Waals surface area contributed by atoms with Crippen LogP contribution in [0, 0.1) is 0 Å². The van der Waals surface area contributed by atoms with Gasteiger partial charge in [-0.25, -0.2) is 0 Å². The van der Waals surface area contributed by atoms with Crippen molar-refractivity contribution >= 4 is 29.9 Å². The number of unbranched alkanes of at least 4 members (excludes halogenated alkanes) is 2. The lowest BCUT2D eigenvalue weighted by atomic mass is 10.1. The van der Waals surface area contributed by atoms with Crippen molar-refractivity contribution in [3.8, 4) is 0 Å².